The third-order valence-electron chi connectivity index (χ3n) is 7.07. The first-order valence-electron chi connectivity index (χ1n) is 11.4. The third-order valence-corrected chi connectivity index (χ3v) is 7.07. The summed E-state index contributed by atoms with van der Waals surface area (Å²) in [5.41, 5.74) is 5.84. The lowest BCUT2D eigenvalue weighted by atomic mass is 9.75. The van der Waals surface area contributed by atoms with Crippen molar-refractivity contribution in [1.82, 2.24) is 0 Å². The summed E-state index contributed by atoms with van der Waals surface area (Å²) in [6.07, 6.45) is 5.96. The van der Waals surface area contributed by atoms with E-state index in [-0.39, 0.29) is 22.9 Å². The van der Waals surface area contributed by atoms with Crippen LogP contribution in [0.2, 0.25) is 0 Å². The molecule has 2 fully saturated rings. The summed E-state index contributed by atoms with van der Waals surface area (Å²) in [5.74, 6) is 7.99. The van der Waals surface area contributed by atoms with Gasteiger partial charge in [-0.05, 0) is 85.8 Å². The van der Waals surface area contributed by atoms with Crippen LogP contribution in [-0.4, -0.2) is 18.7 Å². The van der Waals surface area contributed by atoms with Gasteiger partial charge in [0, 0.05) is 16.7 Å². The molecule has 1 atom stereocenters. The van der Waals surface area contributed by atoms with Crippen molar-refractivity contribution in [1.29, 1.82) is 0 Å². The van der Waals surface area contributed by atoms with Crippen LogP contribution < -0.4 is 4.74 Å². The highest BCUT2D eigenvalue weighted by Crippen LogP contribution is 2.58. The van der Waals surface area contributed by atoms with E-state index in [0.29, 0.717) is 5.92 Å². The van der Waals surface area contributed by atoms with Gasteiger partial charge < -0.3 is 9.47 Å². The highest BCUT2D eigenvalue weighted by atomic mass is 16.5. The van der Waals surface area contributed by atoms with Gasteiger partial charge in [-0.25, -0.2) is 0 Å². The predicted octanol–water partition coefficient (Wildman–Crippen LogP) is 5.83. The Morgan fingerprint density at radius 2 is 1.77 bits per heavy atom. The van der Waals surface area contributed by atoms with Crippen LogP contribution in [-0.2, 0) is 14.9 Å². The Balaban J connectivity index is 1.46. The van der Waals surface area contributed by atoms with Gasteiger partial charge in [0.2, 0.25) is 0 Å². The first-order chi connectivity index (χ1) is 14.8. The molecule has 3 nitrogen and oxygen atoms in total. The van der Waals surface area contributed by atoms with Crippen molar-refractivity contribution >= 4 is 5.97 Å². The molecule has 2 saturated carbocycles. The summed E-state index contributed by atoms with van der Waals surface area (Å²) < 4.78 is 11.4. The summed E-state index contributed by atoms with van der Waals surface area (Å²) in [6, 6.07) is 12.4. The standard InChI is InChI=1S/C28H30O3/c1-18(26(29)30-4)21-9-7-19(8-10-21)5-6-20-15-23(22-11-12-22)25-24(16-20)27(2,3)17-28(31-25)13-14-28/h7-10,15-16,18,22H,11-14,17H2,1-4H3. The molecule has 31 heavy (non-hydrogen) atoms. The number of benzene rings is 2. The zero-order chi connectivity index (χ0) is 21.8. The Kier molecular flexibility index (Phi) is 4.66. The van der Waals surface area contributed by atoms with E-state index in [1.165, 1.54) is 43.9 Å². The number of carbonyl (C=O) groups is 1. The van der Waals surface area contributed by atoms with Crippen LogP contribution in [0.3, 0.4) is 0 Å². The van der Waals surface area contributed by atoms with Gasteiger partial charge in [-0.1, -0.05) is 37.8 Å². The maximum atomic E-state index is 11.8. The molecule has 0 N–H and O–H groups in total. The molecule has 3 aliphatic rings. The zero-order valence-corrected chi connectivity index (χ0v) is 18.9. The monoisotopic (exact) mass is 414 g/mol. The van der Waals surface area contributed by atoms with E-state index >= 15 is 0 Å². The van der Waals surface area contributed by atoms with Gasteiger partial charge in [-0.2, -0.15) is 0 Å². The average Bonchev–Trinajstić information content (AvgIpc) is 3.68. The van der Waals surface area contributed by atoms with E-state index in [4.69, 9.17) is 9.47 Å². The minimum absolute atomic E-state index is 0.0937. The predicted molar refractivity (Wildman–Crippen MR) is 122 cm³/mol. The Hall–Kier alpha value is -2.73. The second-order valence-electron chi connectivity index (χ2n) is 10.2. The number of fused-ring (bicyclic) bond motifs is 1. The molecule has 2 aromatic carbocycles. The number of hydrogen-bond donors (Lipinski definition) is 0. The molecule has 0 radical (unpaired) electrons. The Bertz CT molecular complexity index is 1090. The molecular weight excluding hydrogens is 384 g/mol. The normalized spacial score (nSPS) is 20.6. The van der Waals surface area contributed by atoms with Crippen LogP contribution in [0.5, 0.6) is 5.75 Å². The van der Waals surface area contributed by atoms with E-state index in [0.717, 1.165) is 28.9 Å². The van der Waals surface area contributed by atoms with E-state index in [2.05, 4.69) is 37.8 Å². The lowest BCUT2D eigenvalue weighted by molar-refractivity contribution is -0.141. The SMILES string of the molecule is COC(=O)C(C)c1ccc(C#Cc2cc(C3CC3)c3c(c2)C(C)(C)CC2(CC2)O3)cc1. The van der Waals surface area contributed by atoms with Gasteiger partial charge in [0.05, 0.1) is 13.0 Å². The van der Waals surface area contributed by atoms with Gasteiger partial charge in [0.15, 0.2) is 0 Å². The van der Waals surface area contributed by atoms with Crippen LogP contribution in [0.25, 0.3) is 0 Å². The maximum Gasteiger partial charge on any atom is 0.312 e. The van der Waals surface area contributed by atoms with Gasteiger partial charge in [-0.3, -0.25) is 4.79 Å². The van der Waals surface area contributed by atoms with Gasteiger partial charge in [-0.15, -0.1) is 0 Å². The van der Waals surface area contributed by atoms with Crippen LogP contribution in [0.1, 0.15) is 92.5 Å². The van der Waals surface area contributed by atoms with E-state index in [1.54, 1.807) is 0 Å². The first kappa shape index (κ1) is 20.2. The third kappa shape index (κ3) is 3.85. The highest BCUT2D eigenvalue weighted by molar-refractivity contribution is 5.77. The molecule has 1 spiro atoms. The second kappa shape index (κ2) is 7.16. The summed E-state index contributed by atoms with van der Waals surface area (Å²) in [7, 11) is 1.42. The van der Waals surface area contributed by atoms with Gasteiger partial charge in [0.25, 0.3) is 0 Å². The minimum atomic E-state index is -0.272. The number of ether oxygens (including phenoxy) is 2. The molecule has 0 bridgehead atoms. The molecular formula is C28H30O3. The Morgan fingerprint density at radius 3 is 2.39 bits per heavy atom. The Labute approximate surface area is 185 Å². The van der Waals surface area contributed by atoms with Crippen molar-refractivity contribution in [3.05, 3.63) is 64.2 Å². The van der Waals surface area contributed by atoms with Crippen LogP contribution in [0, 0.1) is 11.8 Å². The molecule has 2 aromatic rings. The molecule has 5 rings (SSSR count). The quantitative estimate of drug-likeness (QED) is 0.468. The number of methoxy groups -OCH3 is 1. The molecule has 0 aromatic heterocycles. The Morgan fingerprint density at radius 1 is 1.10 bits per heavy atom. The number of carbonyl (C=O) groups excluding carboxylic acids is 1. The maximum absolute atomic E-state index is 11.8. The molecule has 0 saturated heterocycles. The number of hydrogen-bond acceptors (Lipinski definition) is 3. The van der Waals surface area contributed by atoms with Crippen molar-refractivity contribution in [2.24, 2.45) is 0 Å². The lowest BCUT2D eigenvalue weighted by Gasteiger charge is -2.39. The first-order valence-corrected chi connectivity index (χ1v) is 11.4. The van der Waals surface area contributed by atoms with Crippen LogP contribution in [0.15, 0.2) is 36.4 Å². The van der Waals surface area contributed by atoms with Gasteiger partial charge in [0.1, 0.15) is 11.4 Å². The smallest absolute Gasteiger partial charge is 0.312 e. The fraction of sp³-hybridized carbons (Fsp3) is 0.464. The largest absolute Gasteiger partial charge is 0.487 e. The summed E-state index contributed by atoms with van der Waals surface area (Å²) >= 11 is 0. The van der Waals surface area contributed by atoms with Gasteiger partial charge >= 0.3 is 5.97 Å². The number of esters is 1. The molecule has 3 heteroatoms. The van der Waals surface area contributed by atoms with Crippen molar-refractivity contribution in [2.75, 3.05) is 7.11 Å². The fourth-order valence-electron chi connectivity index (χ4n) is 4.92. The minimum Gasteiger partial charge on any atom is -0.487 e. The number of rotatable bonds is 3. The van der Waals surface area contributed by atoms with Crippen molar-refractivity contribution in [2.45, 2.75) is 75.7 Å². The summed E-state index contributed by atoms with van der Waals surface area (Å²) in [4.78, 5) is 11.8. The van der Waals surface area contributed by atoms with Crippen LogP contribution >= 0.6 is 0 Å². The van der Waals surface area contributed by atoms with Crippen LogP contribution in [0.4, 0.5) is 0 Å². The summed E-state index contributed by atoms with van der Waals surface area (Å²) in [5, 5.41) is 0. The van der Waals surface area contributed by atoms with E-state index in [9.17, 15) is 4.79 Å². The molecule has 1 heterocycles. The van der Waals surface area contributed by atoms with E-state index < -0.39 is 0 Å². The molecule has 160 valence electrons. The van der Waals surface area contributed by atoms with E-state index in [1.807, 2.05) is 31.2 Å². The lowest BCUT2D eigenvalue weighted by Crippen LogP contribution is -2.36. The molecule has 2 aliphatic carbocycles. The molecule has 1 aliphatic heterocycles. The highest BCUT2D eigenvalue weighted by Gasteiger charge is 2.54. The fourth-order valence-corrected chi connectivity index (χ4v) is 4.92. The van der Waals surface area contributed by atoms with Crippen molar-refractivity contribution in [3.63, 3.8) is 0 Å². The van der Waals surface area contributed by atoms with Crippen molar-refractivity contribution in [3.8, 4) is 17.6 Å². The topological polar surface area (TPSA) is 35.5 Å². The molecule has 0 amide bonds. The average molecular weight is 415 g/mol. The zero-order valence-electron chi connectivity index (χ0n) is 18.9. The summed E-state index contributed by atoms with van der Waals surface area (Å²) in [6.45, 7) is 6.56. The second-order valence-corrected chi connectivity index (χ2v) is 10.2. The molecule has 1 unspecified atom stereocenters. The van der Waals surface area contributed by atoms with Crippen molar-refractivity contribution < 1.29 is 14.3 Å².